The molecule has 1 unspecified atom stereocenters. The molecule has 0 saturated carbocycles. The third-order valence-electron chi connectivity index (χ3n) is 3.92. The fourth-order valence-electron chi connectivity index (χ4n) is 2.86. The molecule has 6 nitrogen and oxygen atoms in total. The van der Waals surface area contributed by atoms with E-state index in [4.69, 9.17) is 18.9 Å². The Bertz CT molecular complexity index is 485. The number of anilines is 1. The normalized spacial score (nSPS) is 19.9. The SMILES string of the molecule is COC(CN1c2ccccc2C(OC)(OC)C1C=O)OC. The fraction of sp³-hybridized carbons (Fsp3) is 0.533. The third-order valence-corrected chi connectivity index (χ3v) is 3.92. The first kappa shape index (κ1) is 15.9. The number of aldehydes is 1. The lowest BCUT2D eigenvalue weighted by molar-refractivity contribution is -0.220. The van der Waals surface area contributed by atoms with Crippen molar-refractivity contribution in [2.75, 3.05) is 39.9 Å². The fourth-order valence-corrected chi connectivity index (χ4v) is 2.86. The van der Waals surface area contributed by atoms with E-state index in [1.54, 1.807) is 14.2 Å². The molecule has 0 radical (unpaired) electrons. The molecule has 1 aromatic carbocycles. The van der Waals surface area contributed by atoms with Gasteiger partial charge in [0.05, 0.1) is 6.54 Å². The lowest BCUT2D eigenvalue weighted by Crippen LogP contribution is -2.50. The van der Waals surface area contributed by atoms with Gasteiger partial charge in [0, 0.05) is 39.7 Å². The monoisotopic (exact) mass is 295 g/mol. The maximum absolute atomic E-state index is 11.7. The smallest absolute Gasteiger partial charge is 0.224 e. The van der Waals surface area contributed by atoms with Crippen LogP contribution in [0, 0.1) is 0 Å². The standard InChI is InChI=1S/C15H21NO5/c1-18-14(19-2)9-16-12-8-6-5-7-11(12)15(20-3,21-4)13(16)10-17/h5-8,10,13-14H,9H2,1-4H3. The second kappa shape index (κ2) is 6.53. The predicted octanol–water partition coefficient (Wildman–Crippen LogP) is 1.14. The number of benzene rings is 1. The molecule has 21 heavy (non-hydrogen) atoms. The van der Waals surface area contributed by atoms with Crippen molar-refractivity contribution < 1.29 is 23.7 Å². The summed E-state index contributed by atoms with van der Waals surface area (Å²) in [5.74, 6) is -1.12. The van der Waals surface area contributed by atoms with Crippen LogP contribution in [0.1, 0.15) is 5.56 Å². The predicted molar refractivity (Wildman–Crippen MR) is 77.1 cm³/mol. The summed E-state index contributed by atoms with van der Waals surface area (Å²) in [5.41, 5.74) is 1.69. The van der Waals surface area contributed by atoms with Crippen LogP contribution in [0.25, 0.3) is 0 Å². The van der Waals surface area contributed by atoms with Crippen LogP contribution >= 0.6 is 0 Å². The number of hydrogen-bond acceptors (Lipinski definition) is 6. The van der Waals surface area contributed by atoms with Crippen LogP contribution < -0.4 is 4.90 Å². The van der Waals surface area contributed by atoms with Crippen molar-refractivity contribution >= 4 is 12.0 Å². The van der Waals surface area contributed by atoms with Crippen molar-refractivity contribution in [3.05, 3.63) is 29.8 Å². The van der Waals surface area contributed by atoms with E-state index in [0.717, 1.165) is 17.5 Å². The van der Waals surface area contributed by atoms with Crippen LogP contribution in [-0.2, 0) is 29.5 Å². The summed E-state index contributed by atoms with van der Waals surface area (Å²) in [6, 6.07) is 7.00. The second-order valence-electron chi connectivity index (χ2n) is 4.73. The van der Waals surface area contributed by atoms with Gasteiger partial charge in [-0.05, 0) is 6.07 Å². The molecule has 2 rings (SSSR count). The zero-order chi connectivity index (χ0) is 15.5. The van der Waals surface area contributed by atoms with Gasteiger partial charge < -0.3 is 28.6 Å². The highest BCUT2D eigenvalue weighted by molar-refractivity contribution is 5.76. The van der Waals surface area contributed by atoms with Gasteiger partial charge in [0.1, 0.15) is 12.3 Å². The van der Waals surface area contributed by atoms with Crippen molar-refractivity contribution in [1.82, 2.24) is 0 Å². The van der Waals surface area contributed by atoms with Crippen molar-refractivity contribution in [3.63, 3.8) is 0 Å². The number of nitrogens with zero attached hydrogens (tertiary/aromatic N) is 1. The number of carbonyl (C=O) groups excluding carboxylic acids is 1. The maximum atomic E-state index is 11.7. The number of hydrogen-bond donors (Lipinski definition) is 0. The quantitative estimate of drug-likeness (QED) is 0.555. The van der Waals surface area contributed by atoms with Crippen molar-refractivity contribution in [2.24, 2.45) is 0 Å². The van der Waals surface area contributed by atoms with E-state index in [1.165, 1.54) is 14.2 Å². The van der Waals surface area contributed by atoms with Gasteiger partial charge in [0.25, 0.3) is 0 Å². The van der Waals surface area contributed by atoms with Crippen LogP contribution in [0.4, 0.5) is 5.69 Å². The first-order chi connectivity index (χ1) is 10.2. The number of methoxy groups -OCH3 is 4. The molecule has 6 heteroatoms. The van der Waals surface area contributed by atoms with Gasteiger partial charge in [-0.3, -0.25) is 0 Å². The average molecular weight is 295 g/mol. The van der Waals surface area contributed by atoms with E-state index >= 15 is 0 Å². The zero-order valence-corrected chi connectivity index (χ0v) is 12.7. The Kier molecular flexibility index (Phi) is 4.95. The van der Waals surface area contributed by atoms with Gasteiger partial charge in [-0.1, -0.05) is 18.2 Å². The van der Waals surface area contributed by atoms with Crippen molar-refractivity contribution in [3.8, 4) is 0 Å². The zero-order valence-electron chi connectivity index (χ0n) is 12.7. The minimum atomic E-state index is -1.12. The van der Waals surface area contributed by atoms with E-state index in [2.05, 4.69) is 0 Å². The Morgan fingerprint density at radius 1 is 1.19 bits per heavy atom. The summed E-state index contributed by atoms with van der Waals surface area (Å²) < 4.78 is 21.6. The summed E-state index contributed by atoms with van der Waals surface area (Å²) in [6.07, 6.45) is 0.375. The average Bonchev–Trinajstić information content (AvgIpc) is 2.82. The first-order valence-corrected chi connectivity index (χ1v) is 6.65. The topological polar surface area (TPSA) is 57.2 Å². The number of rotatable bonds is 7. The Morgan fingerprint density at radius 2 is 1.81 bits per heavy atom. The minimum Gasteiger partial charge on any atom is -0.354 e. The molecule has 1 aromatic rings. The number of para-hydroxylation sites is 1. The molecule has 0 spiro atoms. The summed E-state index contributed by atoms with van der Waals surface area (Å²) in [5, 5.41) is 0. The molecule has 1 aliphatic rings. The highest BCUT2D eigenvalue weighted by Gasteiger charge is 2.52. The van der Waals surface area contributed by atoms with Crippen LogP contribution in [0.5, 0.6) is 0 Å². The lowest BCUT2D eigenvalue weighted by Gasteiger charge is -2.34. The highest BCUT2D eigenvalue weighted by atomic mass is 16.7. The summed E-state index contributed by atoms with van der Waals surface area (Å²) in [4.78, 5) is 13.6. The van der Waals surface area contributed by atoms with Gasteiger partial charge in [0.2, 0.25) is 5.79 Å². The molecule has 0 saturated heterocycles. The molecule has 0 aliphatic carbocycles. The number of fused-ring (bicyclic) bond motifs is 1. The van der Waals surface area contributed by atoms with Crippen LogP contribution in [0.15, 0.2) is 24.3 Å². The van der Waals surface area contributed by atoms with Crippen LogP contribution in [0.3, 0.4) is 0 Å². The Hall–Kier alpha value is -1.47. The van der Waals surface area contributed by atoms with Gasteiger partial charge in [-0.25, -0.2) is 0 Å². The maximum Gasteiger partial charge on any atom is 0.224 e. The van der Waals surface area contributed by atoms with Crippen LogP contribution in [-0.4, -0.2) is 53.6 Å². The summed E-state index contributed by atoms with van der Waals surface area (Å²) >= 11 is 0. The van der Waals surface area contributed by atoms with Gasteiger partial charge >= 0.3 is 0 Å². The third kappa shape index (κ3) is 2.44. The van der Waals surface area contributed by atoms with E-state index in [9.17, 15) is 4.79 Å². The Morgan fingerprint density at radius 3 is 2.33 bits per heavy atom. The van der Waals surface area contributed by atoms with E-state index in [1.807, 2.05) is 29.2 Å². The number of carbonyl (C=O) groups is 1. The molecule has 1 atom stereocenters. The molecule has 0 fully saturated rings. The highest BCUT2D eigenvalue weighted by Crippen LogP contribution is 2.45. The van der Waals surface area contributed by atoms with Gasteiger partial charge in [0.15, 0.2) is 6.29 Å². The molecule has 116 valence electrons. The summed E-state index contributed by atoms with van der Waals surface area (Å²) in [6.45, 7) is 0.391. The largest absolute Gasteiger partial charge is 0.354 e. The van der Waals surface area contributed by atoms with Crippen molar-refractivity contribution in [2.45, 2.75) is 18.1 Å². The molecular weight excluding hydrogens is 274 g/mol. The first-order valence-electron chi connectivity index (χ1n) is 6.65. The molecule has 1 aliphatic heterocycles. The van der Waals surface area contributed by atoms with Crippen LogP contribution in [0.2, 0.25) is 0 Å². The minimum absolute atomic E-state index is 0.391. The van der Waals surface area contributed by atoms with E-state index in [-0.39, 0.29) is 0 Å². The van der Waals surface area contributed by atoms with Gasteiger partial charge in [-0.2, -0.15) is 0 Å². The second-order valence-corrected chi connectivity index (χ2v) is 4.73. The molecular formula is C15H21NO5. The Balaban J connectivity index is 2.48. The molecule has 0 amide bonds. The lowest BCUT2D eigenvalue weighted by atomic mass is 10.0. The molecule has 0 bridgehead atoms. The van der Waals surface area contributed by atoms with E-state index < -0.39 is 18.1 Å². The van der Waals surface area contributed by atoms with E-state index in [0.29, 0.717) is 6.54 Å². The van der Waals surface area contributed by atoms with Gasteiger partial charge in [-0.15, -0.1) is 0 Å². The van der Waals surface area contributed by atoms with Crippen molar-refractivity contribution in [1.29, 1.82) is 0 Å². The number of ether oxygens (including phenoxy) is 4. The Labute approximate surface area is 124 Å². The summed E-state index contributed by atoms with van der Waals surface area (Å²) in [7, 11) is 6.19. The molecule has 0 N–H and O–H groups in total. The molecule has 1 heterocycles. The molecule has 0 aromatic heterocycles.